The molecule has 0 bridgehead atoms. The molecule has 1 aromatic rings. The van der Waals surface area contributed by atoms with Gasteiger partial charge in [0, 0.05) is 6.42 Å². The Balaban J connectivity index is 0.00000576. The van der Waals surface area contributed by atoms with Gasteiger partial charge in [-0.3, -0.25) is 0 Å². The molecule has 0 aromatic carbocycles. The summed E-state index contributed by atoms with van der Waals surface area (Å²) < 4.78 is 1.84. The smallest absolute Gasteiger partial charge is 0.138 e. The SMILES string of the molecule is Br.CCCCCCCCCCCCCCCCCc1nc(Br)c(Br)[nH]1. The minimum atomic E-state index is 0. The van der Waals surface area contributed by atoms with Crippen LogP contribution in [0.25, 0.3) is 0 Å². The van der Waals surface area contributed by atoms with Crippen LogP contribution in [0.1, 0.15) is 109 Å². The van der Waals surface area contributed by atoms with Crippen molar-refractivity contribution in [3.8, 4) is 0 Å². The van der Waals surface area contributed by atoms with Gasteiger partial charge in [0.1, 0.15) is 15.0 Å². The zero-order valence-electron chi connectivity index (χ0n) is 15.9. The Labute approximate surface area is 182 Å². The highest BCUT2D eigenvalue weighted by Gasteiger charge is 2.04. The van der Waals surface area contributed by atoms with Crippen LogP contribution in [0.3, 0.4) is 0 Å². The van der Waals surface area contributed by atoms with Gasteiger partial charge in [-0.25, -0.2) is 4.98 Å². The third-order valence-corrected chi connectivity index (χ3v) is 6.37. The minimum absolute atomic E-state index is 0. The number of nitrogens with zero attached hydrogens (tertiary/aromatic N) is 1. The number of unbranched alkanes of at least 4 members (excludes halogenated alkanes) is 14. The van der Waals surface area contributed by atoms with E-state index >= 15 is 0 Å². The Kier molecular flexibility index (Phi) is 18.5. The van der Waals surface area contributed by atoms with Crippen LogP contribution in [-0.2, 0) is 6.42 Å². The predicted octanol–water partition coefficient (Wildman–Crippen LogP) is 8.93. The summed E-state index contributed by atoms with van der Waals surface area (Å²) in [5.74, 6) is 1.09. The third kappa shape index (κ3) is 14.4. The predicted molar refractivity (Wildman–Crippen MR) is 123 cm³/mol. The van der Waals surface area contributed by atoms with E-state index in [0.717, 1.165) is 21.5 Å². The lowest BCUT2D eigenvalue weighted by Gasteiger charge is -2.03. The van der Waals surface area contributed by atoms with Gasteiger partial charge in [-0.2, -0.15) is 0 Å². The molecule has 1 N–H and O–H groups in total. The van der Waals surface area contributed by atoms with Crippen LogP contribution in [-0.4, -0.2) is 9.97 Å². The second-order valence-corrected chi connectivity index (χ2v) is 8.53. The van der Waals surface area contributed by atoms with E-state index in [9.17, 15) is 0 Å². The largest absolute Gasteiger partial charge is 0.336 e. The number of hydrogen-bond donors (Lipinski definition) is 1. The van der Waals surface area contributed by atoms with Crippen molar-refractivity contribution in [3.05, 3.63) is 15.0 Å². The Morgan fingerprint density at radius 1 is 0.680 bits per heavy atom. The van der Waals surface area contributed by atoms with Gasteiger partial charge < -0.3 is 4.98 Å². The van der Waals surface area contributed by atoms with Gasteiger partial charge in [-0.1, -0.05) is 96.8 Å². The average molecular weight is 545 g/mol. The molecule has 148 valence electrons. The quantitative estimate of drug-likeness (QED) is 0.207. The van der Waals surface area contributed by atoms with Crippen molar-refractivity contribution in [2.24, 2.45) is 0 Å². The fourth-order valence-corrected chi connectivity index (χ4v) is 3.79. The second-order valence-electron chi connectivity index (χ2n) is 6.99. The van der Waals surface area contributed by atoms with E-state index in [4.69, 9.17) is 0 Å². The standard InChI is InChI=1S/C20H36Br2N2.BrH/c1-2-3-4-5-6-7-8-9-10-11-12-13-14-15-16-17-18-23-19(21)20(22)24-18;/h2-17H2,1H3,(H,23,24);1H. The summed E-state index contributed by atoms with van der Waals surface area (Å²) in [5.41, 5.74) is 0. The van der Waals surface area contributed by atoms with Crippen LogP contribution >= 0.6 is 48.8 Å². The van der Waals surface area contributed by atoms with Gasteiger partial charge >= 0.3 is 0 Å². The summed E-state index contributed by atoms with van der Waals surface area (Å²) >= 11 is 6.85. The highest BCUT2D eigenvalue weighted by atomic mass is 79.9. The lowest BCUT2D eigenvalue weighted by Crippen LogP contribution is -1.89. The number of H-pyrrole nitrogens is 1. The zero-order chi connectivity index (χ0) is 17.5. The fraction of sp³-hybridized carbons (Fsp3) is 0.850. The summed E-state index contributed by atoms with van der Waals surface area (Å²) in [5, 5.41) is 0. The molecule has 0 atom stereocenters. The molecule has 1 rings (SSSR count). The molecular formula is C20H37Br3N2. The molecule has 5 heteroatoms. The van der Waals surface area contributed by atoms with Crippen molar-refractivity contribution in [1.82, 2.24) is 9.97 Å². The topological polar surface area (TPSA) is 28.7 Å². The van der Waals surface area contributed by atoms with Gasteiger partial charge in [0.15, 0.2) is 0 Å². The second kappa shape index (κ2) is 18.0. The molecule has 0 saturated carbocycles. The molecule has 1 heterocycles. The Morgan fingerprint density at radius 3 is 1.44 bits per heavy atom. The first-order valence-corrected chi connectivity index (χ1v) is 11.7. The first-order chi connectivity index (χ1) is 11.7. The summed E-state index contributed by atoms with van der Waals surface area (Å²) in [6, 6.07) is 0. The van der Waals surface area contributed by atoms with E-state index in [1.807, 2.05) is 0 Å². The first-order valence-electron chi connectivity index (χ1n) is 10.1. The fourth-order valence-electron chi connectivity index (χ4n) is 3.16. The number of hydrogen-bond acceptors (Lipinski definition) is 1. The van der Waals surface area contributed by atoms with Crippen molar-refractivity contribution >= 4 is 48.8 Å². The van der Waals surface area contributed by atoms with Crippen molar-refractivity contribution in [2.75, 3.05) is 0 Å². The Bertz CT molecular complexity index is 388. The summed E-state index contributed by atoms with van der Waals surface area (Å²) in [7, 11) is 0. The molecule has 0 unspecified atom stereocenters. The molecule has 0 saturated heterocycles. The van der Waals surface area contributed by atoms with Gasteiger partial charge in [0.25, 0.3) is 0 Å². The van der Waals surface area contributed by atoms with E-state index in [2.05, 4.69) is 48.8 Å². The molecule has 0 aliphatic rings. The molecule has 0 radical (unpaired) electrons. The minimum Gasteiger partial charge on any atom is -0.336 e. The molecule has 2 nitrogen and oxygen atoms in total. The van der Waals surface area contributed by atoms with Gasteiger partial charge in [0.05, 0.1) is 0 Å². The van der Waals surface area contributed by atoms with E-state index in [1.165, 1.54) is 96.3 Å². The van der Waals surface area contributed by atoms with Crippen LogP contribution in [0.15, 0.2) is 9.21 Å². The lowest BCUT2D eigenvalue weighted by molar-refractivity contribution is 0.531. The number of rotatable bonds is 16. The third-order valence-electron chi connectivity index (χ3n) is 4.69. The number of aryl methyl sites for hydroxylation is 1. The molecule has 0 aliphatic carbocycles. The van der Waals surface area contributed by atoms with E-state index < -0.39 is 0 Å². The average Bonchev–Trinajstić information content (AvgIpc) is 2.89. The molecule has 0 spiro atoms. The number of imidazole rings is 1. The molecule has 0 aliphatic heterocycles. The van der Waals surface area contributed by atoms with E-state index in [-0.39, 0.29) is 17.0 Å². The van der Waals surface area contributed by atoms with Crippen molar-refractivity contribution in [3.63, 3.8) is 0 Å². The first kappa shape index (κ1) is 25.6. The maximum Gasteiger partial charge on any atom is 0.138 e. The summed E-state index contributed by atoms with van der Waals surface area (Å²) in [6.07, 6.45) is 22.2. The lowest BCUT2D eigenvalue weighted by atomic mass is 10.0. The van der Waals surface area contributed by atoms with Crippen LogP contribution in [0.5, 0.6) is 0 Å². The maximum absolute atomic E-state index is 4.43. The number of aromatic amines is 1. The molecule has 25 heavy (non-hydrogen) atoms. The van der Waals surface area contributed by atoms with Crippen molar-refractivity contribution in [2.45, 2.75) is 110 Å². The number of nitrogens with one attached hydrogen (secondary N) is 1. The molecule has 0 fully saturated rings. The molecule has 1 aromatic heterocycles. The highest BCUT2D eigenvalue weighted by Crippen LogP contribution is 2.20. The number of halogens is 3. The van der Waals surface area contributed by atoms with Crippen molar-refractivity contribution < 1.29 is 0 Å². The van der Waals surface area contributed by atoms with Crippen LogP contribution in [0.2, 0.25) is 0 Å². The normalized spacial score (nSPS) is 10.8. The van der Waals surface area contributed by atoms with Gasteiger partial charge in [-0.15, -0.1) is 17.0 Å². The zero-order valence-corrected chi connectivity index (χ0v) is 20.8. The maximum atomic E-state index is 4.43. The van der Waals surface area contributed by atoms with Crippen LogP contribution < -0.4 is 0 Å². The van der Waals surface area contributed by atoms with Crippen LogP contribution in [0, 0.1) is 0 Å². The Hall–Kier alpha value is 0.650. The Morgan fingerprint density at radius 2 is 1.08 bits per heavy atom. The number of aromatic nitrogens is 2. The summed E-state index contributed by atoms with van der Waals surface area (Å²) in [4.78, 5) is 7.68. The van der Waals surface area contributed by atoms with E-state index in [0.29, 0.717) is 0 Å². The van der Waals surface area contributed by atoms with E-state index in [1.54, 1.807) is 0 Å². The van der Waals surface area contributed by atoms with Crippen molar-refractivity contribution in [1.29, 1.82) is 0 Å². The van der Waals surface area contributed by atoms with Gasteiger partial charge in [-0.05, 0) is 38.3 Å². The monoisotopic (exact) mass is 542 g/mol. The van der Waals surface area contributed by atoms with Crippen LogP contribution in [0.4, 0.5) is 0 Å². The molecule has 0 amide bonds. The summed E-state index contributed by atoms with van der Waals surface area (Å²) in [6.45, 7) is 2.29. The van der Waals surface area contributed by atoms with Gasteiger partial charge in [0.2, 0.25) is 0 Å². The molecular weight excluding hydrogens is 508 g/mol. The highest BCUT2D eigenvalue weighted by molar-refractivity contribution is 9.13.